The summed E-state index contributed by atoms with van der Waals surface area (Å²) in [6.45, 7) is 3.89. The van der Waals surface area contributed by atoms with Gasteiger partial charge in [-0.25, -0.2) is 0 Å². The van der Waals surface area contributed by atoms with E-state index in [0.29, 0.717) is 26.2 Å². The Bertz CT molecular complexity index is 663. The molecule has 0 heterocycles. The number of ketones is 1. The van der Waals surface area contributed by atoms with Crippen LogP contribution in [0.4, 0.5) is 0 Å². The van der Waals surface area contributed by atoms with Crippen molar-refractivity contribution in [2.24, 2.45) is 0 Å². The number of hydrogen-bond donors (Lipinski definition) is 0. The number of hydrogen-bond acceptors (Lipinski definition) is 1. The predicted octanol–water partition coefficient (Wildman–Crippen LogP) is 5.49. The van der Waals surface area contributed by atoms with Crippen LogP contribution in [0.2, 0.25) is 15.1 Å². The maximum absolute atomic E-state index is 12.4. The van der Waals surface area contributed by atoms with Crippen LogP contribution in [-0.4, -0.2) is 5.78 Å². The molecule has 0 atom stereocenters. The van der Waals surface area contributed by atoms with Crippen molar-refractivity contribution in [3.63, 3.8) is 0 Å². The summed E-state index contributed by atoms with van der Waals surface area (Å²) in [7, 11) is 0. The van der Waals surface area contributed by atoms with Gasteiger partial charge in [0.05, 0.1) is 15.1 Å². The van der Waals surface area contributed by atoms with Gasteiger partial charge in [-0.15, -0.1) is 0 Å². The minimum atomic E-state index is -0.160. The third-order valence-electron chi connectivity index (χ3n) is 3.01. The minimum Gasteiger partial charge on any atom is -0.289 e. The molecular formula is C15H11Cl3O. The minimum absolute atomic E-state index is 0.160. The Labute approximate surface area is 127 Å². The Morgan fingerprint density at radius 3 is 2.11 bits per heavy atom. The topological polar surface area (TPSA) is 17.1 Å². The van der Waals surface area contributed by atoms with Gasteiger partial charge in [-0.05, 0) is 55.3 Å². The van der Waals surface area contributed by atoms with Crippen LogP contribution in [0.5, 0.6) is 0 Å². The van der Waals surface area contributed by atoms with Crippen molar-refractivity contribution in [2.45, 2.75) is 13.8 Å². The highest BCUT2D eigenvalue weighted by Crippen LogP contribution is 2.27. The van der Waals surface area contributed by atoms with E-state index in [4.69, 9.17) is 34.8 Å². The van der Waals surface area contributed by atoms with E-state index in [1.165, 1.54) is 0 Å². The Balaban J connectivity index is 2.49. The van der Waals surface area contributed by atoms with Crippen LogP contribution in [0, 0.1) is 13.8 Å². The largest absolute Gasteiger partial charge is 0.289 e. The Morgan fingerprint density at radius 1 is 0.842 bits per heavy atom. The van der Waals surface area contributed by atoms with Gasteiger partial charge in [-0.1, -0.05) is 34.8 Å². The van der Waals surface area contributed by atoms with Crippen molar-refractivity contribution >= 4 is 40.6 Å². The summed E-state index contributed by atoms with van der Waals surface area (Å²) in [5.41, 5.74) is 3.02. The first-order chi connectivity index (χ1) is 8.90. The molecule has 0 aliphatic heterocycles. The van der Waals surface area contributed by atoms with Gasteiger partial charge in [0.1, 0.15) is 0 Å². The summed E-state index contributed by atoms with van der Waals surface area (Å²) in [6, 6.07) is 8.38. The standard InChI is InChI=1S/C15H11Cl3O/c1-8-5-11(13(17)6-9(8)2)15(19)10-3-4-12(16)14(18)7-10/h3-7H,1-2H3. The number of aryl methyl sites for hydroxylation is 2. The normalized spacial score (nSPS) is 10.6. The second-order valence-electron chi connectivity index (χ2n) is 4.37. The fourth-order valence-corrected chi connectivity index (χ4v) is 2.35. The second kappa shape index (κ2) is 5.54. The van der Waals surface area contributed by atoms with Gasteiger partial charge in [0, 0.05) is 11.1 Å². The molecule has 0 saturated heterocycles. The maximum atomic E-state index is 12.4. The molecule has 2 aromatic carbocycles. The van der Waals surface area contributed by atoms with Gasteiger partial charge in [-0.3, -0.25) is 4.79 Å². The van der Waals surface area contributed by atoms with Gasteiger partial charge >= 0.3 is 0 Å². The first-order valence-electron chi connectivity index (χ1n) is 5.66. The fraction of sp³-hybridized carbons (Fsp3) is 0.133. The zero-order valence-corrected chi connectivity index (χ0v) is 12.7. The molecule has 2 aromatic rings. The molecule has 0 unspecified atom stereocenters. The lowest BCUT2D eigenvalue weighted by atomic mass is 9.99. The van der Waals surface area contributed by atoms with E-state index in [1.54, 1.807) is 30.3 Å². The lowest BCUT2D eigenvalue weighted by Crippen LogP contribution is -2.03. The molecule has 0 radical (unpaired) electrons. The summed E-state index contributed by atoms with van der Waals surface area (Å²) in [5, 5.41) is 1.22. The van der Waals surface area contributed by atoms with Crippen LogP contribution < -0.4 is 0 Å². The molecule has 4 heteroatoms. The zero-order chi connectivity index (χ0) is 14.2. The average molecular weight is 314 g/mol. The number of carbonyl (C=O) groups excluding carboxylic acids is 1. The number of halogens is 3. The molecule has 0 amide bonds. The molecule has 1 nitrogen and oxygen atoms in total. The molecule has 0 N–H and O–H groups in total. The second-order valence-corrected chi connectivity index (χ2v) is 5.60. The van der Waals surface area contributed by atoms with Crippen LogP contribution in [0.3, 0.4) is 0 Å². The van der Waals surface area contributed by atoms with Crippen LogP contribution >= 0.6 is 34.8 Å². The van der Waals surface area contributed by atoms with E-state index in [1.807, 2.05) is 13.8 Å². The molecule has 0 fully saturated rings. The maximum Gasteiger partial charge on any atom is 0.194 e. The molecular weight excluding hydrogens is 303 g/mol. The van der Waals surface area contributed by atoms with Crippen molar-refractivity contribution in [2.75, 3.05) is 0 Å². The van der Waals surface area contributed by atoms with Gasteiger partial charge in [0.2, 0.25) is 0 Å². The van der Waals surface area contributed by atoms with E-state index < -0.39 is 0 Å². The monoisotopic (exact) mass is 312 g/mol. The fourth-order valence-electron chi connectivity index (χ4n) is 1.75. The average Bonchev–Trinajstić information content (AvgIpc) is 2.36. The van der Waals surface area contributed by atoms with E-state index in [9.17, 15) is 4.79 Å². The summed E-state index contributed by atoms with van der Waals surface area (Å²) < 4.78 is 0. The summed E-state index contributed by atoms with van der Waals surface area (Å²) in [5.74, 6) is -0.160. The predicted molar refractivity (Wildman–Crippen MR) is 80.8 cm³/mol. The molecule has 0 bridgehead atoms. The molecule has 0 aliphatic carbocycles. The van der Waals surface area contributed by atoms with E-state index in [0.717, 1.165) is 11.1 Å². The van der Waals surface area contributed by atoms with Crippen molar-refractivity contribution in [3.8, 4) is 0 Å². The third kappa shape index (κ3) is 2.94. The molecule has 2 rings (SSSR count). The lowest BCUT2D eigenvalue weighted by molar-refractivity contribution is 0.103. The highest BCUT2D eigenvalue weighted by atomic mass is 35.5. The molecule has 19 heavy (non-hydrogen) atoms. The molecule has 0 saturated carbocycles. The van der Waals surface area contributed by atoms with E-state index in [2.05, 4.69) is 0 Å². The van der Waals surface area contributed by atoms with E-state index in [-0.39, 0.29) is 5.78 Å². The van der Waals surface area contributed by atoms with Crippen LogP contribution in [-0.2, 0) is 0 Å². The van der Waals surface area contributed by atoms with Crippen molar-refractivity contribution in [1.29, 1.82) is 0 Å². The van der Waals surface area contributed by atoms with Crippen molar-refractivity contribution in [1.82, 2.24) is 0 Å². The smallest absolute Gasteiger partial charge is 0.194 e. The van der Waals surface area contributed by atoms with Gasteiger partial charge in [-0.2, -0.15) is 0 Å². The summed E-state index contributed by atoms with van der Waals surface area (Å²) >= 11 is 17.9. The van der Waals surface area contributed by atoms with Gasteiger partial charge in [0.25, 0.3) is 0 Å². The quantitative estimate of drug-likeness (QED) is 0.670. The van der Waals surface area contributed by atoms with Crippen LogP contribution in [0.1, 0.15) is 27.0 Å². The SMILES string of the molecule is Cc1cc(Cl)c(C(=O)c2ccc(Cl)c(Cl)c2)cc1C. The zero-order valence-electron chi connectivity index (χ0n) is 10.4. The Kier molecular flexibility index (Phi) is 4.19. The molecule has 0 spiro atoms. The first-order valence-corrected chi connectivity index (χ1v) is 6.80. The van der Waals surface area contributed by atoms with Gasteiger partial charge < -0.3 is 0 Å². The lowest BCUT2D eigenvalue weighted by Gasteiger charge is -2.08. The highest BCUT2D eigenvalue weighted by Gasteiger charge is 2.15. The first kappa shape index (κ1) is 14.4. The number of carbonyl (C=O) groups is 1. The summed E-state index contributed by atoms with van der Waals surface area (Å²) in [6.07, 6.45) is 0. The highest BCUT2D eigenvalue weighted by molar-refractivity contribution is 6.42. The third-order valence-corrected chi connectivity index (χ3v) is 4.06. The molecule has 0 aliphatic rings. The van der Waals surface area contributed by atoms with E-state index >= 15 is 0 Å². The van der Waals surface area contributed by atoms with Crippen molar-refractivity contribution in [3.05, 3.63) is 67.7 Å². The van der Waals surface area contributed by atoms with Gasteiger partial charge in [0.15, 0.2) is 5.78 Å². The van der Waals surface area contributed by atoms with Crippen molar-refractivity contribution < 1.29 is 4.79 Å². The number of benzene rings is 2. The van der Waals surface area contributed by atoms with Crippen LogP contribution in [0.15, 0.2) is 30.3 Å². The summed E-state index contributed by atoms with van der Waals surface area (Å²) in [4.78, 5) is 12.4. The van der Waals surface area contributed by atoms with Crippen LogP contribution in [0.25, 0.3) is 0 Å². The number of rotatable bonds is 2. The molecule has 0 aromatic heterocycles. The molecule has 98 valence electrons. The Morgan fingerprint density at radius 2 is 1.47 bits per heavy atom. The Hall–Kier alpha value is -1.02.